The Kier molecular flexibility index (Phi) is 4.76. The zero-order valence-electron chi connectivity index (χ0n) is 20.8. The van der Waals surface area contributed by atoms with E-state index in [1.165, 1.54) is 54.9 Å². The van der Waals surface area contributed by atoms with Crippen LogP contribution in [0.5, 0.6) is 0 Å². The summed E-state index contributed by atoms with van der Waals surface area (Å²) in [4.78, 5) is 3.64. The number of para-hydroxylation sites is 1. The Balaban J connectivity index is 1.78. The van der Waals surface area contributed by atoms with Gasteiger partial charge in [-0.25, -0.2) is 0 Å². The van der Waals surface area contributed by atoms with Gasteiger partial charge in [0.25, 0.3) is 0 Å². The van der Waals surface area contributed by atoms with Crippen LogP contribution >= 0.6 is 0 Å². The summed E-state index contributed by atoms with van der Waals surface area (Å²) in [5.74, 6) is 0. The molecule has 0 amide bonds. The molecule has 0 fully saturated rings. The topological polar surface area (TPSA) is 20.7 Å². The standard InChI is InChI=1S/C33H30N2/c1-6-10-24-21(7-2)13-18-30-32(24)27-19-26-25-11-8-9-12-28(25)34-29(26)20-31(27)35(30)23-16-14-22(15-17-23)33(3,4)5/h6-20,34H,2H2,1,3-5H3/b10-6-. The monoisotopic (exact) mass is 454 g/mol. The Bertz CT molecular complexity index is 1780. The molecule has 0 bridgehead atoms. The van der Waals surface area contributed by atoms with Gasteiger partial charge in [-0.2, -0.15) is 0 Å². The van der Waals surface area contributed by atoms with E-state index in [1.807, 2.05) is 6.08 Å². The minimum Gasteiger partial charge on any atom is -0.354 e. The van der Waals surface area contributed by atoms with Crippen LogP contribution in [0.3, 0.4) is 0 Å². The molecule has 0 unspecified atom stereocenters. The number of hydrogen-bond acceptors (Lipinski definition) is 0. The Hall–Kier alpha value is -4.04. The van der Waals surface area contributed by atoms with E-state index in [2.05, 4.69) is 129 Å². The molecule has 0 saturated carbocycles. The zero-order valence-corrected chi connectivity index (χ0v) is 20.8. The first kappa shape index (κ1) is 21.5. The van der Waals surface area contributed by atoms with Gasteiger partial charge in [0, 0.05) is 38.3 Å². The third-order valence-corrected chi connectivity index (χ3v) is 7.18. The summed E-state index contributed by atoms with van der Waals surface area (Å²) in [5.41, 5.74) is 9.73. The molecule has 0 saturated heterocycles. The smallest absolute Gasteiger partial charge is 0.0562 e. The second-order valence-electron chi connectivity index (χ2n) is 10.4. The minimum atomic E-state index is 0.119. The molecule has 6 rings (SSSR count). The van der Waals surface area contributed by atoms with Crippen LogP contribution in [0.25, 0.3) is 61.5 Å². The third-order valence-electron chi connectivity index (χ3n) is 7.18. The molecule has 0 atom stereocenters. The maximum Gasteiger partial charge on any atom is 0.0562 e. The summed E-state index contributed by atoms with van der Waals surface area (Å²) in [6.45, 7) is 13.0. The highest BCUT2D eigenvalue weighted by atomic mass is 15.0. The highest BCUT2D eigenvalue weighted by molar-refractivity contribution is 6.20. The predicted octanol–water partition coefficient (Wildman–Crippen LogP) is 9.39. The second kappa shape index (κ2) is 7.74. The number of rotatable bonds is 3. The van der Waals surface area contributed by atoms with Crippen molar-refractivity contribution in [1.82, 2.24) is 9.55 Å². The van der Waals surface area contributed by atoms with Crippen LogP contribution in [0, 0.1) is 0 Å². The molecule has 0 aliphatic heterocycles. The first-order valence-corrected chi connectivity index (χ1v) is 12.3. The molecule has 172 valence electrons. The number of H-pyrrole nitrogens is 1. The van der Waals surface area contributed by atoms with E-state index in [4.69, 9.17) is 0 Å². The Morgan fingerprint density at radius 3 is 2.29 bits per heavy atom. The first-order valence-electron chi connectivity index (χ1n) is 12.3. The number of nitrogens with zero attached hydrogens (tertiary/aromatic N) is 1. The van der Waals surface area contributed by atoms with Crippen LogP contribution < -0.4 is 0 Å². The van der Waals surface area contributed by atoms with Gasteiger partial charge in [-0.3, -0.25) is 0 Å². The number of fused-ring (bicyclic) bond motifs is 6. The van der Waals surface area contributed by atoms with Gasteiger partial charge < -0.3 is 9.55 Å². The van der Waals surface area contributed by atoms with Crippen molar-refractivity contribution >= 4 is 55.8 Å². The van der Waals surface area contributed by atoms with E-state index in [9.17, 15) is 0 Å². The van der Waals surface area contributed by atoms with Crippen LogP contribution in [0.4, 0.5) is 0 Å². The van der Waals surface area contributed by atoms with Crippen molar-refractivity contribution in [2.75, 3.05) is 0 Å². The summed E-state index contributed by atoms with van der Waals surface area (Å²) in [6, 6.07) is 26.7. The van der Waals surface area contributed by atoms with Crippen molar-refractivity contribution in [3.63, 3.8) is 0 Å². The van der Waals surface area contributed by atoms with Crippen LogP contribution in [0.1, 0.15) is 44.4 Å². The van der Waals surface area contributed by atoms with Crippen molar-refractivity contribution in [2.45, 2.75) is 33.1 Å². The molecule has 0 radical (unpaired) electrons. The van der Waals surface area contributed by atoms with Crippen molar-refractivity contribution in [3.8, 4) is 5.69 Å². The summed E-state index contributed by atoms with van der Waals surface area (Å²) in [5, 5.41) is 5.04. The molecule has 4 aromatic carbocycles. The van der Waals surface area contributed by atoms with Gasteiger partial charge in [-0.15, -0.1) is 0 Å². The summed E-state index contributed by atoms with van der Waals surface area (Å²) >= 11 is 0. The van der Waals surface area contributed by atoms with Crippen molar-refractivity contribution in [3.05, 3.63) is 102 Å². The van der Waals surface area contributed by atoms with E-state index in [-0.39, 0.29) is 5.41 Å². The van der Waals surface area contributed by atoms with E-state index < -0.39 is 0 Å². The highest BCUT2D eigenvalue weighted by Crippen LogP contribution is 2.40. The Morgan fingerprint density at radius 1 is 0.800 bits per heavy atom. The lowest BCUT2D eigenvalue weighted by Crippen LogP contribution is -2.10. The van der Waals surface area contributed by atoms with Crippen LogP contribution in [-0.4, -0.2) is 9.55 Å². The van der Waals surface area contributed by atoms with Crippen molar-refractivity contribution < 1.29 is 0 Å². The summed E-state index contributed by atoms with van der Waals surface area (Å²) < 4.78 is 2.40. The average molecular weight is 455 g/mol. The third kappa shape index (κ3) is 3.24. The Labute approximate surface area is 206 Å². The van der Waals surface area contributed by atoms with Crippen molar-refractivity contribution in [2.24, 2.45) is 0 Å². The summed E-state index contributed by atoms with van der Waals surface area (Å²) in [6.07, 6.45) is 6.29. The molecule has 2 nitrogen and oxygen atoms in total. The highest BCUT2D eigenvalue weighted by Gasteiger charge is 2.19. The number of nitrogens with one attached hydrogen (secondary N) is 1. The predicted molar refractivity (Wildman–Crippen MR) is 154 cm³/mol. The SMILES string of the molecule is C=Cc1ccc2c(c1/C=C\C)c1cc3c(cc1n2-c1ccc(C(C)(C)C)cc1)[nH]c1ccccc13. The van der Waals surface area contributed by atoms with Gasteiger partial charge in [0.15, 0.2) is 0 Å². The fourth-order valence-electron chi connectivity index (χ4n) is 5.41. The molecule has 35 heavy (non-hydrogen) atoms. The molecule has 2 heterocycles. The lowest BCUT2D eigenvalue weighted by atomic mass is 9.87. The van der Waals surface area contributed by atoms with Gasteiger partial charge >= 0.3 is 0 Å². The minimum absolute atomic E-state index is 0.119. The van der Waals surface area contributed by atoms with E-state index >= 15 is 0 Å². The van der Waals surface area contributed by atoms with Gasteiger partial charge in [-0.1, -0.05) is 82.0 Å². The van der Waals surface area contributed by atoms with Gasteiger partial charge in [-0.05, 0) is 65.4 Å². The summed E-state index contributed by atoms with van der Waals surface area (Å²) in [7, 11) is 0. The van der Waals surface area contributed by atoms with E-state index in [0.29, 0.717) is 0 Å². The van der Waals surface area contributed by atoms with Crippen LogP contribution in [0.2, 0.25) is 0 Å². The number of aromatic nitrogens is 2. The van der Waals surface area contributed by atoms with Gasteiger partial charge in [0.2, 0.25) is 0 Å². The number of allylic oxidation sites excluding steroid dienone is 1. The first-order chi connectivity index (χ1) is 16.9. The molecule has 0 aliphatic rings. The number of aromatic amines is 1. The van der Waals surface area contributed by atoms with Gasteiger partial charge in [0.1, 0.15) is 0 Å². The second-order valence-corrected chi connectivity index (χ2v) is 10.4. The number of hydrogen-bond donors (Lipinski definition) is 1. The molecule has 0 aliphatic carbocycles. The molecule has 2 heteroatoms. The zero-order chi connectivity index (χ0) is 24.3. The van der Waals surface area contributed by atoms with E-state index in [0.717, 1.165) is 11.1 Å². The quantitative estimate of drug-likeness (QED) is 0.275. The van der Waals surface area contributed by atoms with E-state index in [1.54, 1.807) is 0 Å². The molecular weight excluding hydrogens is 424 g/mol. The fraction of sp³-hybridized carbons (Fsp3) is 0.152. The lowest BCUT2D eigenvalue weighted by Gasteiger charge is -2.19. The normalized spacial score (nSPS) is 12.6. The fourth-order valence-corrected chi connectivity index (χ4v) is 5.41. The maximum atomic E-state index is 4.10. The maximum absolute atomic E-state index is 4.10. The largest absolute Gasteiger partial charge is 0.354 e. The molecule has 1 N–H and O–H groups in total. The van der Waals surface area contributed by atoms with Gasteiger partial charge in [0.05, 0.1) is 11.0 Å². The molecule has 6 aromatic rings. The molecular formula is C33H30N2. The van der Waals surface area contributed by atoms with Crippen molar-refractivity contribution in [1.29, 1.82) is 0 Å². The average Bonchev–Trinajstić information content (AvgIpc) is 3.37. The number of benzene rings is 4. The van der Waals surface area contributed by atoms with Crippen LogP contribution in [-0.2, 0) is 5.41 Å². The molecule has 2 aromatic heterocycles. The van der Waals surface area contributed by atoms with Crippen LogP contribution in [0.15, 0.2) is 85.5 Å². The molecule has 0 spiro atoms. The lowest BCUT2D eigenvalue weighted by molar-refractivity contribution is 0.590. The Morgan fingerprint density at radius 2 is 1.57 bits per heavy atom.